The Balaban J connectivity index is 1.55. The molecule has 0 aliphatic carbocycles. The summed E-state index contributed by atoms with van der Waals surface area (Å²) in [6.45, 7) is 1.05. The molecule has 1 heterocycles. The van der Waals surface area contributed by atoms with E-state index in [-0.39, 0.29) is 16.9 Å². The Morgan fingerprint density at radius 2 is 1.56 bits per heavy atom. The molecule has 0 spiro atoms. The van der Waals surface area contributed by atoms with Gasteiger partial charge in [-0.25, -0.2) is 13.1 Å². The first kappa shape index (κ1) is 23.4. The van der Waals surface area contributed by atoms with Crippen LogP contribution in [0.2, 0.25) is 15.1 Å². The lowest BCUT2D eigenvalue weighted by Crippen LogP contribution is -2.42. The maximum absolute atomic E-state index is 12.7. The van der Waals surface area contributed by atoms with Crippen molar-refractivity contribution in [3.63, 3.8) is 0 Å². The van der Waals surface area contributed by atoms with Gasteiger partial charge in [-0.3, -0.25) is 0 Å². The summed E-state index contributed by atoms with van der Waals surface area (Å²) in [7, 11) is -3.55. The molecule has 1 fully saturated rings. The fourth-order valence-corrected chi connectivity index (χ4v) is 5.93. The van der Waals surface area contributed by atoms with E-state index in [1.54, 1.807) is 36.4 Å². The highest BCUT2D eigenvalue weighted by atomic mass is 35.5. The topological polar surface area (TPSA) is 49.4 Å². The number of nitrogens with one attached hydrogen (secondary N) is 1. The third kappa shape index (κ3) is 5.41. The largest absolute Gasteiger partial charge is 0.364 e. The second kappa shape index (κ2) is 10.0. The predicted octanol–water partition coefficient (Wildman–Crippen LogP) is 6.58. The fraction of sp³-hybridized carbons (Fsp3) is 0.250. The first-order valence-electron chi connectivity index (χ1n) is 10.4. The Kier molecular flexibility index (Phi) is 7.33. The van der Waals surface area contributed by atoms with Gasteiger partial charge in [0.1, 0.15) is 0 Å². The van der Waals surface area contributed by atoms with E-state index in [2.05, 4.69) is 9.62 Å². The molecule has 0 saturated carbocycles. The lowest BCUT2D eigenvalue weighted by Gasteiger charge is -2.42. The number of sulfonamides is 1. The van der Waals surface area contributed by atoms with Crippen LogP contribution in [0.25, 0.3) is 0 Å². The summed E-state index contributed by atoms with van der Waals surface area (Å²) in [5, 5.41) is 1.89. The number of rotatable bonds is 6. The van der Waals surface area contributed by atoms with Crippen LogP contribution in [-0.4, -0.2) is 21.5 Å². The molecule has 0 radical (unpaired) electrons. The molecule has 3 aromatic rings. The van der Waals surface area contributed by atoms with Gasteiger partial charge in [0.2, 0.25) is 10.0 Å². The number of piperidine rings is 1. The van der Waals surface area contributed by atoms with E-state index in [1.807, 2.05) is 36.4 Å². The summed E-state index contributed by atoms with van der Waals surface area (Å²) in [5.41, 5.74) is 2.02. The lowest BCUT2D eigenvalue weighted by molar-refractivity contribution is 0.358. The van der Waals surface area contributed by atoms with Gasteiger partial charge in [-0.05, 0) is 72.9 Å². The zero-order valence-corrected chi connectivity index (χ0v) is 20.3. The quantitative estimate of drug-likeness (QED) is 0.408. The van der Waals surface area contributed by atoms with Crippen molar-refractivity contribution < 1.29 is 8.42 Å². The van der Waals surface area contributed by atoms with Crippen molar-refractivity contribution in [2.75, 3.05) is 18.0 Å². The number of hydrogen-bond acceptors (Lipinski definition) is 3. The molecule has 168 valence electrons. The van der Waals surface area contributed by atoms with Crippen molar-refractivity contribution in [1.82, 2.24) is 4.72 Å². The number of halogens is 3. The first-order valence-corrected chi connectivity index (χ1v) is 13.0. The van der Waals surface area contributed by atoms with Gasteiger partial charge >= 0.3 is 0 Å². The van der Waals surface area contributed by atoms with Crippen LogP contribution in [0.4, 0.5) is 5.69 Å². The van der Waals surface area contributed by atoms with E-state index in [0.29, 0.717) is 28.2 Å². The number of hydrogen-bond donors (Lipinski definition) is 1. The number of benzene rings is 3. The summed E-state index contributed by atoms with van der Waals surface area (Å²) in [6, 6.07) is 21.8. The van der Waals surface area contributed by atoms with E-state index >= 15 is 0 Å². The molecule has 2 atom stereocenters. The van der Waals surface area contributed by atoms with Crippen LogP contribution in [0.5, 0.6) is 0 Å². The second-order valence-electron chi connectivity index (χ2n) is 7.92. The number of nitrogens with zero attached hydrogens (tertiary/aromatic N) is 1. The Hall–Kier alpha value is -1.76. The summed E-state index contributed by atoms with van der Waals surface area (Å²) in [6.07, 6.45) is 1.70. The van der Waals surface area contributed by atoms with E-state index in [9.17, 15) is 8.42 Å². The van der Waals surface area contributed by atoms with Gasteiger partial charge < -0.3 is 4.90 Å². The highest BCUT2D eigenvalue weighted by Crippen LogP contribution is 2.40. The molecule has 32 heavy (non-hydrogen) atoms. The molecule has 0 aromatic heterocycles. The summed E-state index contributed by atoms with van der Waals surface area (Å²) >= 11 is 18.8. The normalized spacial score (nSPS) is 19.2. The van der Waals surface area contributed by atoms with Crippen molar-refractivity contribution in [1.29, 1.82) is 0 Å². The molecule has 1 N–H and O–H groups in total. The Labute approximate surface area is 204 Å². The molecule has 1 saturated heterocycles. The molecule has 8 heteroatoms. The van der Waals surface area contributed by atoms with Gasteiger partial charge in [-0.15, -0.1) is 0 Å². The van der Waals surface area contributed by atoms with Crippen molar-refractivity contribution >= 4 is 50.5 Å². The van der Waals surface area contributed by atoms with E-state index < -0.39 is 10.0 Å². The molecule has 0 bridgehead atoms. The molecule has 4 nitrogen and oxygen atoms in total. The fourth-order valence-electron chi connectivity index (χ4n) is 4.14. The van der Waals surface area contributed by atoms with Gasteiger partial charge in [0.25, 0.3) is 0 Å². The van der Waals surface area contributed by atoms with Gasteiger partial charge in [0, 0.05) is 33.8 Å². The van der Waals surface area contributed by atoms with Gasteiger partial charge in [0.15, 0.2) is 0 Å². The minimum Gasteiger partial charge on any atom is -0.364 e. The lowest BCUT2D eigenvalue weighted by atomic mass is 9.88. The van der Waals surface area contributed by atoms with Gasteiger partial charge in [-0.2, -0.15) is 0 Å². The predicted molar refractivity (Wildman–Crippen MR) is 132 cm³/mol. The average Bonchev–Trinajstić information content (AvgIpc) is 2.79. The minimum absolute atomic E-state index is 0.0583. The van der Waals surface area contributed by atoms with Gasteiger partial charge in [0.05, 0.1) is 10.9 Å². The number of anilines is 1. The molecule has 0 amide bonds. The maximum atomic E-state index is 12.7. The highest BCUT2D eigenvalue weighted by molar-refractivity contribution is 7.89. The minimum atomic E-state index is -3.55. The van der Waals surface area contributed by atoms with Crippen LogP contribution in [-0.2, 0) is 10.0 Å². The van der Waals surface area contributed by atoms with Gasteiger partial charge in [-0.1, -0.05) is 59.1 Å². The third-order valence-electron chi connectivity index (χ3n) is 5.77. The molecular formula is C24H23Cl3N2O2S. The van der Waals surface area contributed by atoms with Crippen molar-refractivity contribution in [3.05, 3.63) is 93.4 Å². The van der Waals surface area contributed by atoms with E-state index in [4.69, 9.17) is 34.8 Å². The van der Waals surface area contributed by atoms with Crippen LogP contribution < -0.4 is 9.62 Å². The smallest absolute Gasteiger partial charge is 0.240 e. The van der Waals surface area contributed by atoms with Crippen molar-refractivity contribution in [2.45, 2.75) is 23.8 Å². The third-order valence-corrected chi connectivity index (χ3v) is 8.03. The van der Waals surface area contributed by atoms with Crippen LogP contribution in [0, 0.1) is 5.92 Å². The monoisotopic (exact) mass is 508 g/mol. The Morgan fingerprint density at radius 1 is 0.875 bits per heavy atom. The molecule has 3 aromatic carbocycles. The zero-order chi connectivity index (χ0) is 22.7. The van der Waals surface area contributed by atoms with E-state index in [1.165, 1.54) is 0 Å². The molecule has 1 aliphatic heterocycles. The van der Waals surface area contributed by atoms with E-state index in [0.717, 1.165) is 24.1 Å². The summed E-state index contributed by atoms with van der Waals surface area (Å²) in [5.74, 6) is 0.145. The Morgan fingerprint density at radius 3 is 2.25 bits per heavy atom. The first-order chi connectivity index (χ1) is 15.3. The maximum Gasteiger partial charge on any atom is 0.240 e. The van der Waals surface area contributed by atoms with Crippen molar-refractivity contribution in [3.8, 4) is 0 Å². The molecule has 4 rings (SSSR count). The summed E-state index contributed by atoms with van der Waals surface area (Å²) < 4.78 is 28.1. The SMILES string of the molecule is O=S(=O)(NC[C@@H]1CC[C@@H](c2ccc(Cl)cc2Cl)N(c2ccc(Cl)cc2)C1)c1ccccc1. The average molecular weight is 510 g/mol. The molecule has 0 unspecified atom stereocenters. The van der Waals surface area contributed by atoms with Crippen LogP contribution in [0.1, 0.15) is 24.4 Å². The van der Waals surface area contributed by atoms with Crippen LogP contribution in [0.3, 0.4) is 0 Å². The standard InChI is InChI=1S/C24H23Cl3N2O2S/c25-18-7-10-20(11-8-18)29-16-17(15-28-32(30,31)21-4-2-1-3-5-21)6-13-24(29)22-12-9-19(26)14-23(22)27/h1-5,7-12,14,17,24,28H,6,13,15-16H2/t17-,24-/m0/s1. The van der Waals surface area contributed by atoms with Crippen LogP contribution >= 0.6 is 34.8 Å². The molecular weight excluding hydrogens is 487 g/mol. The second-order valence-corrected chi connectivity index (χ2v) is 11.0. The van der Waals surface area contributed by atoms with Crippen LogP contribution in [0.15, 0.2) is 77.7 Å². The highest BCUT2D eigenvalue weighted by Gasteiger charge is 2.31. The summed E-state index contributed by atoms with van der Waals surface area (Å²) in [4.78, 5) is 2.55. The zero-order valence-electron chi connectivity index (χ0n) is 17.2. The molecule has 1 aliphatic rings. The van der Waals surface area contributed by atoms with Crippen molar-refractivity contribution in [2.24, 2.45) is 5.92 Å². The Bertz CT molecular complexity index is 1170.